The number of anilines is 1. The zero-order chi connectivity index (χ0) is 18.3. The Labute approximate surface area is 165 Å². The maximum absolute atomic E-state index is 12.7. The van der Waals surface area contributed by atoms with Gasteiger partial charge in [0, 0.05) is 16.7 Å². The minimum absolute atomic E-state index is 0.00232. The number of hydrogen-bond acceptors (Lipinski definition) is 5. The molecule has 0 aromatic carbocycles. The Kier molecular flexibility index (Phi) is 5.10. The van der Waals surface area contributed by atoms with Gasteiger partial charge in [0.1, 0.15) is 5.52 Å². The van der Waals surface area contributed by atoms with Gasteiger partial charge in [-0.1, -0.05) is 12.8 Å². The van der Waals surface area contributed by atoms with E-state index in [-0.39, 0.29) is 23.2 Å². The molecule has 2 aromatic rings. The highest BCUT2D eigenvalue weighted by molar-refractivity contribution is 9.10. The van der Waals surface area contributed by atoms with Gasteiger partial charge in [-0.2, -0.15) is 4.98 Å². The standard InChI is InChI=1S/C18H22BrClN4O2/c1-2-26-17(25)15-11-5-3-10(4-6-11)7-13(15)21-16-14-8-12(19)9-24(14)23-18(20)22-16/h8-11,13,15H,2-7H2,1H3,(H,21,22,23)/t10?,11?,13?,15-/m0/s1. The van der Waals surface area contributed by atoms with Crippen LogP contribution in [0.2, 0.25) is 5.28 Å². The van der Waals surface area contributed by atoms with Crippen LogP contribution < -0.4 is 5.32 Å². The average Bonchev–Trinajstić information content (AvgIpc) is 2.78. The van der Waals surface area contributed by atoms with Crippen molar-refractivity contribution in [2.24, 2.45) is 17.8 Å². The maximum Gasteiger partial charge on any atom is 0.311 e. The summed E-state index contributed by atoms with van der Waals surface area (Å²) in [7, 11) is 0. The number of nitrogens with one attached hydrogen (secondary N) is 1. The van der Waals surface area contributed by atoms with Gasteiger partial charge in [-0.3, -0.25) is 4.79 Å². The first-order valence-electron chi connectivity index (χ1n) is 9.19. The molecule has 6 nitrogen and oxygen atoms in total. The van der Waals surface area contributed by atoms with Crippen LogP contribution in [0.15, 0.2) is 16.7 Å². The highest BCUT2D eigenvalue weighted by Gasteiger charge is 2.43. The van der Waals surface area contributed by atoms with Crippen molar-refractivity contribution in [2.45, 2.75) is 45.1 Å². The van der Waals surface area contributed by atoms with Crippen LogP contribution in [0.5, 0.6) is 0 Å². The third-order valence-electron chi connectivity index (χ3n) is 5.70. The van der Waals surface area contributed by atoms with Crippen LogP contribution in [-0.2, 0) is 9.53 Å². The predicted molar refractivity (Wildman–Crippen MR) is 103 cm³/mol. The molecule has 3 aliphatic rings. The fourth-order valence-electron chi connectivity index (χ4n) is 4.58. The topological polar surface area (TPSA) is 68.5 Å². The van der Waals surface area contributed by atoms with Crippen LogP contribution in [0.25, 0.3) is 5.52 Å². The molecule has 5 rings (SSSR count). The Hall–Kier alpha value is -1.34. The number of hydrogen-bond donors (Lipinski definition) is 1. The Morgan fingerprint density at radius 3 is 2.92 bits per heavy atom. The molecule has 140 valence electrons. The Morgan fingerprint density at radius 2 is 2.19 bits per heavy atom. The van der Waals surface area contributed by atoms with Crippen molar-refractivity contribution < 1.29 is 9.53 Å². The summed E-state index contributed by atoms with van der Waals surface area (Å²) in [5, 5.41) is 7.91. The summed E-state index contributed by atoms with van der Waals surface area (Å²) < 4.78 is 8.02. The number of nitrogens with zero attached hydrogens (tertiary/aromatic N) is 3. The molecule has 2 bridgehead atoms. The third kappa shape index (κ3) is 3.43. The molecule has 2 aromatic heterocycles. The second-order valence-corrected chi connectivity index (χ2v) is 8.52. The van der Waals surface area contributed by atoms with Gasteiger partial charge >= 0.3 is 5.97 Å². The Balaban J connectivity index is 1.69. The van der Waals surface area contributed by atoms with Crippen LogP contribution in [0.4, 0.5) is 5.82 Å². The summed E-state index contributed by atoms with van der Waals surface area (Å²) in [6.07, 6.45) is 7.37. The molecule has 0 radical (unpaired) electrons. The van der Waals surface area contributed by atoms with Crippen molar-refractivity contribution >= 4 is 44.8 Å². The summed E-state index contributed by atoms with van der Waals surface area (Å²) in [5.74, 6) is 1.45. The summed E-state index contributed by atoms with van der Waals surface area (Å²) >= 11 is 9.58. The van der Waals surface area contributed by atoms with E-state index in [1.54, 1.807) is 4.52 Å². The highest BCUT2D eigenvalue weighted by Crippen LogP contribution is 2.44. The number of carbonyl (C=O) groups is 1. The van der Waals surface area contributed by atoms with Crippen molar-refractivity contribution in [1.29, 1.82) is 0 Å². The molecule has 0 saturated heterocycles. The van der Waals surface area contributed by atoms with E-state index in [0.717, 1.165) is 29.3 Å². The first-order chi connectivity index (χ1) is 12.5. The SMILES string of the molecule is CCOC(=O)[C@H]1C2CCC(CC2)CC1Nc1nc(Cl)nn2cc(Br)cc12. The number of ether oxygens (including phenoxy) is 1. The number of rotatable bonds is 4. The van der Waals surface area contributed by atoms with Gasteiger partial charge in [0.05, 0.1) is 12.5 Å². The lowest BCUT2D eigenvalue weighted by Crippen LogP contribution is -2.39. The monoisotopic (exact) mass is 440 g/mol. The van der Waals surface area contributed by atoms with E-state index in [9.17, 15) is 4.79 Å². The van der Waals surface area contributed by atoms with E-state index < -0.39 is 0 Å². The molecule has 0 amide bonds. The van der Waals surface area contributed by atoms with Crippen molar-refractivity contribution in [3.63, 3.8) is 0 Å². The summed E-state index contributed by atoms with van der Waals surface area (Å²) in [6.45, 7) is 2.27. The smallest absolute Gasteiger partial charge is 0.311 e. The van der Waals surface area contributed by atoms with Gasteiger partial charge in [0.2, 0.25) is 5.28 Å². The highest BCUT2D eigenvalue weighted by atomic mass is 79.9. The Bertz CT molecular complexity index is 819. The summed E-state index contributed by atoms with van der Waals surface area (Å²) in [6, 6.07) is 1.95. The zero-order valence-corrected chi connectivity index (χ0v) is 17.0. The number of carbonyl (C=O) groups excluding carboxylic acids is 1. The van der Waals surface area contributed by atoms with E-state index in [1.807, 2.05) is 19.2 Å². The lowest BCUT2D eigenvalue weighted by atomic mass is 9.80. The largest absolute Gasteiger partial charge is 0.466 e. The number of halogens is 2. The molecule has 8 heteroatoms. The molecule has 3 aliphatic carbocycles. The molecule has 3 fully saturated rings. The maximum atomic E-state index is 12.7. The first kappa shape index (κ1) is 18.0. The second-order valence-electron chi connectivity index (χ2n) is 7.26. The lowest BCUT2D eigenvalue weighted by Gasteiger charge is -2.29. The van der Waals surface area contributed by atoms with Gasteiger partial charge in [-0.05, 0) is 71.6 Å². The molecule has 26 heavy (non-hydrogen) atoms. The first-order valence-corrected chi connectivity index (χ1v) is 10.4. The van der Waals surface area contributed by atoms with Gasteiger partial charge in [0.15, 0.2) is 5.82 Å². The number of esters is 1. The summed E-state index contributed by atoms with van der Waals surface area (Å²) in [5.41, 5.74) is 0.834. The molecule has 0 spiro atoms. The van der Waals surface area contributed by atoms with Crippen LogP contribution in [0, 0.1) is 17.8 Å². The number of fused-ring (bicyclic) bond motifs is 5. The summed E-state index contributed by atoms with van der Waals surface area (Å²) in [4.78, 5) is 17.1. The van der Waals surface area contributed by atoms with E-state index in [1.165, 1.54) is 12.8 Å². The minimum Gasteiger partial charge on any atom is -0.466 e. The second kappa shape index (κ2) is 7.35. The molecule has 0 aliphatic heterocycles. The molecular formula is C18H22BrClN4O2. The third-order valence-corrected chi connectivity index (χ3v) is 6.30. The van der Waals surface area contributed by atoms with E-state index in [4.69, 9.17) is 16.3 Å². The van der Waals surface area contributed by atoms with E-state index in [2.05, 4.69) is 31.3 Å². The van der Waals surface area contributed by atoms with Crippen molar-refractivity contribution in [2.75, 3.05) is 11.9 Å². The molecule has 1 N–H and O–H groups in total. The number of aromatic nitrogens is 3. The fraction of sp³-hybridized carbons (Fsp3) is 0.611. The van der Waals surface area contributed by atoms with Crippen molar-refractivity contribution in [1.82, 2.24) is 14.6 Å². The van der Waals surface area contributed by atoms with E-state index >= 15 is 0 Å². The zero-order valence-electron chi connectivity index (χ0n) is 14.6. The lowest BCUT2D eigenvalue weighted by molar-refractivity contribution is -0.150. The molecule has 2 atom stereocenters. The molecule has 3 saturated carbocycles. The van der Waals surface area contributed by atoms with Crippen LogP contribution in [-0.4, -0.2) is 33.2 Å². The Morgan fingerprint density at radius 1 is 1.42 bits per heavy atom. The molecule has 1 unspecified atom stereocenters. The molecular weight excluding hydrogens is 420 g/mol. The van der Waals surface area contributed by atoms with Crippen LogP contribution in [0.1, 0.15) is 39.0 Å². The minimum atomic E-state index is -0.144. The van der Waals surface area contributed by atoms with Crippen LogP contribution in [0.3, 0.4) is 0 Å². The van der Waals surface area contributed by atoms with Gasteiger partial charge in [-0.15, -0.1) is 5.10 Å². The molecule has 2 heterocycles. The average molecular weight is 442 g/mol. The van der Waals surface area contributed by atoms with Crippen molar-refractivity contribution in [3.05, 3.63) is 22.0 Å². The van der Waals surface area contributed by atoms with Crippen molar-refractivity contribution in [3.8, 4) is 0 Å². The predicted octanol–water partition coefficient (Wildman–Crippen LogP) is 4.32. The van der Waals surface area contributed by atoms with Gasteiger partial charge < -0.3 is 10.1 Å². The fourth-order valence-corrected chi connectivity index (χ4v) is 5.16. The normalized spacial score (nSPS) is 28.1. The van der Waals surface area contributed by atoms with Crippen LogP contribution >= 0.6 is 27.5 Å². The van der Waals surface area contributed by atoms with Gasteiger partial charge in [-0.25, -0.2) is 4.52 Å². The quantitative estimate of drug-likeness (QED) is 0.716. The van der Waals surface area contributed by atoms with Gasteiger partial charge in [0.25, 0.3) is 0 Å². The van der Waals surface area contributed by atoms with E-state index in [0.29, 0.717) is 24.3 Å².